The number of nitrogens with two attached hydrogens (primary N) is 1. The van der Waals surface area contributed by atoms with Crippen LogP contribution in [0.4, 0.5) is 5.82 Å². The van der Waals surface area contributed by atoms with Gasteiger partial charge in [0.25, 0.3) is 0 Å². The van der Waals surface area contributed by atoms with E-state index in [9.17, 15) is 0 Å². The topological polar surface area (TPSA) is 42.1 Å². The number of fused-ring (bicyclic) bond motifs is 1. The van der Waals surface area contributed by atoms with Crippen LogP contribution in [0.25, 0.3) is 10.9 Å². The molecule has 0 fully saturated rings. The molecular weight excluding hydrogens is 210 g/mol. The van der Waals surface area contributed by atoms with Gasteiger partial charge in [0.2, 0.25) is 0 Å². The minimum absolute atomic E-state index is 0.425. The Balaban J connectivity index is 2.60. The second kappa shape index (κ2) is 4.72. The van der Waals surface area contributed by atoms with Gasteiger partial charge in [0.05, 0.1) is 5.52 Å². The van der Waals surface area contributed by atoms with Crippen molar-refractivity contribution >= 4 is 16.7 Å². The molecule has 0 amide bonds. The van der Waals surface area contributed by atoms with Crippen molar-refractivity contribution in [1.29, 1.82) is 0 Å². The minimum Gasteiger partial charge on any atom is -0.357 e. The lowest BCUT2D eigenvalue weighted by Crippen LogP contribution is -2.26. The third kappa shape index (κ3) is 2.24. The van der Waals surface area contributed by atoms with Gasteiger partial charge in [-0.3, -0.25) is 0 Å². The van der Waals surface area contributed by atoms with Gasteiger partial charge in [-0.05, 0) is 31.5 Å². The van der Waals surface area contributed by atoms with E-state index in [-0.39, 0.29) is 0 Å². The van der Waals surface area contributed by atoms with Crippen molar-refractivity contribution in [1.82, 2.24) is 4.98 Å². The maximum absolute atomic E-state index is 5.81. The number of rotatable bonds is 3. The first-order chi connectivity index (χ1) is 8.13. The summed E-state index contributed by atoms with van der Waals surface area (Å²) in [7, 11) is 2.06. The Morgan fingerprint density at radius 2 is 2.00 bits per heavy atom. The molecule has 0 aliphatic carbocycles. The lowest BCUT2D eigenvalue weighted by molar-refractivity contribution is 0.744. The molecule has 0 radical (unpaired) electrons. The predicted octanol–water partition coefficient (Wildman–Crippen LogP) is 2.54. The quantitative estimate of drug-likeness (QED) is 0.879. The smallest absolute Gasteiger partial charge is 0.129 e. The Hall–Kier alpha value is -1.61. The average Bonchev–Trinajstić information content (AvgIpc) is 2.36. The summed E-state index contributed by atoms with van der Waals surface area (Å²) < 4.78 is 0. The van der Waals surface area contributed by atoms with Crippen molar-refractivity contribution < 1.29 is 0 Å². The summed E-state index contributed by atoms with van der Waals surface area (Å²) in [4.78, 5) is 6.83. The highest BCUT2D eigenvalue weighted by molar-refractivity contribution is 5.84. The van der Waals surface area contributed by atoms with Crippen molar-refractivity contribution in [2.24, 2.45) is 5.73 Å². The fourth-order valence-electron chi connectivity index (χ4n) is 1.85. The van der Waals surface area contributed by atoms with Gasteiger partial charge in [0.1, 0.15) is 5.82 Å². The van der Waals surface area contributed by atoms with E-state index >= 15 is 0 Å². The molecule has 2 N–H and O–H groups in total. The highest BCUT2D eigenvalue weighted by Gasteiger charge is 2.10. The van der Waals surface area contributed by atoms with Gasteiger partial charge in [-0.25, -0.2) is 4.98 Å². The highest BCUT2D eigenvalue weighted by Crippen LogP contribution is 2.22. The van der Waals surface area contributed by atoms with Crippen molar-refractivity contribution in [3.05, 3.63) is 35.9 Å². The van der Waals surface area contributed by atoms with E-state index in [1.54, 1.807) is 0 Å². The lowest BCUT2D eigenvalue weighted by atomic mass is 10.1. The van der Waals surface area contributed by atoms with Crippen molar-refractivity contribution in [2.75, 3.05) is 11.9 Å². The normalized spacial score (nSPS) is 11.1. The summed E-state index contributed by atoms with van der Waals surface area (Å²) in [5.74, 6) is 0.985. The largest absolute Gasteiger partial charge is 0.357 e. The molecule has 1 aromatic carbocycles. The SMILES string of the molecule is CC(C)N(C)c1cc(CN)c2ccccc2n1. The van der Waals surface area contributed by atoms with Gasteiger partial charge in [-0.15, -0.1) is 0 Å². The van der Waals surface area contributed by atoms with Gasteiger partial charge < -0.3 is 10.6 Å². The lowest BCUT2D eigenvalue weighted by Gasteiger charge is -2.23. The van der Waals surface area contributed by atoms with E-state index < -0.39 is 0 Å². The Kier molecular flexibility index (Phi) is 3.29. The van der Waals surface area contributed by atoms with Crippen LogP contribution in [0.5, 0.6) is 0 Å². The van der Waals surface area contributed by atoms with Crippen LogP contribution < -0.4 is 10.6 Å². The zero-order chi connectivity index (χ0) is 12.4. The Morgan fingerprint density at radius 3 is 2.65 bits per heavy atom. The Labute approximate surface area is 102 Å². The molecule has 1 aromatic heterocycles. The number of para-hydroxylation sites is 1. The monoisotopic (exact) mass is 229 g/mol. The van der Waals surface area contributed by atoms with E-state index in [1.165, 1.54) is 0 Å². The molecule has 90 valence electrons. The van der Waals surface area contributed by atoms with Crippen LogP contribution in [0.2, 0.25) is 0 Å². The first-order valence-corrected chi connectivity index (χ1v) is 5.95. The second-order valence-electron chi connectivity index (χ2n) is 4.57. The third-order valence-electron chi connectivity index (χ3n) is 3.14. The van der Waals surface area contributed by atoms with Crippen molar-refractivity contribution in [3.63, 3.8) is 0 Å². The van der Waals surface area contributed by atoms with Crippen LogP contribution in [-0.4, -0.2) is 18.1 Å². The first-order valence-electron chi connectivity index (χ1n) is 5.95. The summed E-state index contributed by atoms with van der Waals surface area (Å²) in [5, 5.41) is 1.15. The molecule has 0 aliphatic rings. The molecule has 2 rings (SSSR count). The summed E-state index contributed by atoms with van der Waals surface area (Å²) in [6.07, 6.45) is 0. The number of nitrogens with zero attached hydrogens (tertiary/aromatic N) is 2. The van der Waals surface area contributed by atoms with E-state index in [0.717, 1.165) is 22.3 Å². The number of anilines is 1. The predicted molar refractivity (Wildman–Crippen MR) is 73.2 cm³/mol. The maximum Gasteiger partial charge on any atom is 0.129 e. The summed E-state index contributed by atoms with van der Waals surface area (Å²) in [6.45, 7) is 4.85. The van der Waals surface area contributed by atoms with Gasteiger partial charge in [-0.2, -0.15) is 0 Å². The van der Waals surface area contributed by atoms with Crippen LogP contribution in [0.3, 0.4) is 0 Å². The standard InChI is InChI=1S/C14H19N3/c1-10(2)17(3)14-8-11(9-15)12-6-4-5-7-13(12)16-14/h4-8,10H,9,15H2,1-3H3. The molecule has 0 unspecified atom stereocenters. The van der Waals surface area contributed by atoms with Crippen molar-refractivity contribution in [2.45, 2.75) is 26.4 Å². The molecular formula is C14H19N3. The molecule has 2 aromatic rings. The van der Waals surface area contributed by atoms with E-state index in [2.05, 4.69) is 42.9 Å². The molecule has 17 heavy (non-hydrogen) atoms. The van der Waals surface area contributed by atoms with E-state index in [0.29, 0.717) is 12.6 Å². The molecule has 0 saturated carbocycles. The molecule has 1 heterocycles. The van der Waals surface area contributed by atoms with Gasteiger partial charge in [-0.1, -0.05) is 18.2 Å². The molecule has 3 heteroatoms. The summed E-state index contributed by atoms with van der Waals surface area (Å²) in [5.41, 5.74) is 7.98. The Bertz CT molecular complexity index is 520. The fraction of sp³-hybridized carbons (Fsp3) is 0.357. The number of hydrogen-bond donors (Lipinski definition) is 1. The molecule has 0 bridgehead atoms. The van der Waals surface area contributed by atoms with E-state index in [1.807, 2.05) is 18.2 Å². The first kappa shape index (κ1) is 11.9. The third-order valence-corrected chi connectivity index (χ3v) is 3.14. The molecule has 0 spiro atoms. The van der Waals surface area contributed by atoms with Gasteiger partial charge in [0, 0.05) is 25.0 Å². The highest BCUT2D eigenvalue weighted by atomic mass is 15.2. The summed E-state index contributed by atoms with van der Waals surface area (Å²) in [6, 6.07) is 10.6. The number of pyridine rings is 1. The molecule has 0 atom stereocenters. The maximum atomic E-state index is 5.81. The minimum atomic E-state index is 0.425. The number of aromatic nitrogens is 1. The van der Waals surface area contributed by atoms with Crippen LogP contribution in [0.15, 0.2) is 30.3 Å². The Morgan fingerprint density at radius 1 is 1.29 bits per heavy atom. The molecule has 3 nitrogen and oxygen atoms in total. The number of benzene rings is 1. The average molecular weight is 229 g/mol. The van der Waals surface area contributed by atoms with Gasteiger partial charge in [0.15, 0.2) is 0 Å². The molecule has 0 saturated heterocycles. The number of hydrogen-bond acceptors (Lipinski definition) is 3. The van der Waals surface area contributed by atoms with Crippen molar-refractivity contribution in [3.8, 4) is 0 Å². The van der Waals surface area contributed by atoms with Crippen LogP contribution in [0.1, 0.15) is 19.4 Å². The van der Waals surface area contributed by atoms with Crippen LogP contribution >= 0.6 is 0 Å². The summed E-state index contributed by atoms with van der Waals surface area (Å²) >= 11 is 0. The zero-order valence-electron chi connectivity index (χ0n) is 10.6. The van der Waals surface area contributed by atoms with Crippen LogP contribution in [0, 0.1) is 0 Å². The molecule has 0 aliphatic heterocycles. The van der Waals surface area contributed by atoms with Gasteiger partial charge >= 0.3 is 0 Å². The van der Waals surface area contributed by atoms with Crippen LogP contribution in [-0.2, 0) is 6.54 Å². The van der Waals surface area contributed by atoms with E-state index in [4.69, 9.17) is 5.73 Å². The zero-order valence-corrected chi connectivity index (χ0v) is 10.6. The fourth-order valence-corrected chi connectivity index (χ4v) is 1.85. The second-order valence-corrected chi connectivity index (χ2v) is 4.57.